The molecule has 1 N–H and O–H groups in total. The van der Waals surface area contributed by atoms with Crippen molar-refractivity contribution in [3.8, 4) is 5.75 Å². The Labute approximate surface area is 139 Å². The van der Waals surface area contributed by atoms with E-state index in [0.717, 1.165) is 4.31 Å². The molecule has 0 aliphatic heterocycles. The summed E-state index contributed by atoms with van der Waals surface area (Å²) in [5, 5.41) is 12.8. The number of hydrogen-bond acceptors (Lipinski definition) is 6. The summed E-state index contributed by atoms with van der Waals surface area (Å²) >= 11 is 0. The molecule has 130 valence electrons. The minimum Gasteiger partial charge on any atom is -0.497 e. The number of methoxy groups -OCH3 is 1. The van der Waals surface area contributed by atoms with Gasteiger partial charge in [-0.1, -0.05) is 5.16 Å². The molecule has 0 aliphatic carbocycles. The number of hydrogen-bond donors (Lipinski definition) is 1. The highest BCUT2D eigenvalue weighted by atomic mass is 32.2. The quantitative estimate of drug-likeness (QED) is 0.801. The minimum absolute atomic E-state index is 0.0121. The molecular weight excluding hydrogens is 336 g/mol. The highest BCUT2D eigenvalue weighted by Gasteiger charge is 2.26. The Kier molecular flexibility index (Phi) is 5.25. The van der Waals surface area contributed by atoms with Crippen LogP contribution in [0.2, 0.25) is 0 Å². The maximum absolute atomic E-state index is 12.8. The molecule has 0 saturated carbocycles. The third-order valence-electron chi connectivity index (χ3n) is 3.36. The first kappa shape index (κ1) is 18.0. The van der Waals surface area contributed by atoms with Crippen molar-refractivity contribution < 1.29 is 27.6 Å². The molecule has 24 heavy (non-hydrogen) atoms. The highest BCUT2D eigenvalue weighted by molar-refractivity contribution is 7.89. The van der Waals surface area contributed by atoms with E-state index in [1.807, 2.05) is 0 Å². The molecule has 2 aromatic rings. The lowest BCUT2D eigenvalue weighted by Crippen LogP contribution is -2.28. The second-order valence-corrected chi connectivity index (χ2v) is 7.25. The van der Waals surface area contributed by atoms with Gasteiger partial charge in [-0.2, -0.15) is 4.31 Å². The number of aryl methyl sites for hydroxylation is 1. The number of aliphatic carboxylic acids is 1. The fourth-order valence-corrected chi connectivity index (χ4v) is 3.55. The third kappa shape index (κ3) is 3.92. The van der Waals surface area contributed by atoms with Crippen molar-refractivity contribution in [2.45, 2.75) is 24.8 Å². The fraction of sp³-hybridized carbons (Fsp3) is 0.333. The van der Waals surface area contributed by atoms with E-state index in [-0.39, 0.29) is 17.0 Å². The molecule has 0 bridgehead atoms. The molecule has 0 amide bonds. The largest absolute Gasteiger partial charge is 0.497 e. The second-order valence-electron chi connectivity index (χ2n) is 5.23. The number of sulfonamides is 1. The fourth-order valence-electron chi connectivity index (χ4n) is 2.21. The van der Waals surface area contributed by atoms with Gasteiger partial charge in [0.1, 0.15) is 11.5 Å². The maximum atomic E-state index is 12.8. The Hall–Kier alpha value is -2.39. The maximum Gasteiger partial charge on any atom is 0.307 e. The summed E-state index contributed by atoms with van der Waals surface area (Å²) in [5.41, 5.74) is 0.622. The summed E-state index contributed by atoms with van der Waals surface area (Å²) in [6, 6.07) is 5.87. The first-order valence-electron chi connectivity index (χ1n) is 7.01. The molecule has 1 heterocycles. The van der Waals surface area contributed by atoms with E-state index in [1.165, 1.54) is 32.4 Å². The smallest absolute Gasteiger partial charge is 0.307 e. The molecule has 0 aliphatic rings. The van der Waals surface area contributed by atoms with Crippen LogP contribution in [0.3, 0.4) is 0 Å². The lowest BCUT2D eigenvalue weighted by molar-refractivity contribution is -0.136. The van der Waals surface area contributed by atoms with Crippen LogP contribution in [-0.2, 0) is 27.8 Å². The Morgan fingerprint density at radius 3 is 2.62 bits per heavy atom. The van der Waals surface area contributed by atoms with E-state index in [2.05, 4.69) is 5.16 Å². The van der Waals surface area contributed by atoms with E-state index in [9.17, 15) is 13.2 Å². The number of rotatable bonds is 7. The van der Waals surface area contributed by atoms with Gasteiger partial charge in [-0.15, -0.1) is 0 Å². The zero-order chi connectivity index (χ0) is 17.9. The van der Waals surface area contributed by atoms with E-state index in [0.29, 0.717) is 17.2 Å². The molecule has 8 nitrogen and oxygen atoms in total. The highest BCUT2D eigenvalue weighted by Crippen LogP contribution is 2.25. The topological polar surface area (TPSA) is 110 Å². The Morgan fingerprint density at radius 1 is 1.38 bits per heavy atom. The first-order chi connectivity index (χ1) is 11.2. The Bertz CT molecular complexity index is 843. The van der Waals surface area contributed by atoms with Crippen molar-refractivity contribution in [2.24, 2.45) is 0 Å². The van der Waals surface area contributed by atoms with Crippen LogP contribution >= 0.6 is 0 Å². The molecule has 0 spiro atoms. The third-order valence-corrected chi connectivity index (χ3v) is 5.26. The molecule has 0 saturated heterocycles. The van der Waals surface area contributed by atoms with Crippen LogP contribution in [0.1, 0.15) is 17.0 Å². The van der Waals surface area contributed by atoms with E-state index < -0.39 is 22.4 Å². The summed E-state index contributed by atoms with van der Waals surface area (Å²) in [6.45, 7) is 1.72. The van der Waals surface area contributed by atoms with Crippen molar-refractivity contribution in [1.82, 2.24) is 9.46 Å². The molecule has 2 rings (SSSR count). The van der Waals surface area contributed by atoms with Gasteiger partial charge in [0, 0.05) is 13.1 Å². The van der Waals surface area contributed by atoms with Crippen molar-refractivity contribution in [3.05, 3.63) is 41.3 Å². The number of aromatic nitrogens is 1. The molecule has 0 atom stereocenters. The van der Waals surface area contributed by atoms with Crippen molar-refractivity contribution in [2.75, 3.05) is 14.2 Å². The predicted molar refractivity (Wildman–Crippen MR) is 84.2 cm³/mol. The SMILES string of the molecule is COc1ccc(S(=O)(=O)N(C)Cc2cc(C)on2)c(CC(=O)O)c1. The normalized spacial score (nSPS) is 11.7. The van der Waals surface area contributed by atoms with Crippen molar-refractivity contribution in [3.63, 3.8) is 0 Å². The molecule has 1 aromatic heterocycles. The van der Waals surface area contributed by atoms with Gasteiger partial charge >= 0.3 is 5.97 Å². The Balaban J connectivity index is 2.38. The number of nitrogens with zero attached hydrogens (tertiary/aromatic N) is 2. The van der Waals surface area contributed by atoms with Gasteiger partial charge in [0.05, 0.1) is 30.7 Å². The summed E-state index contributed by atoms with van der Waals surface area (Å²) in [4.78, 5) is 11.0. The van der Waals surface area contributed by atoms with Gasteiger partial charge in [-0.3, -0.25) is 4.79 Å². The van der Waals surface area contributed by atoms with Crippen LogP contribution in [-0.4, -0.2) is 43.1 Å². The summed E-state index contributed by atoms with van der Waals surface area (Å²) in [5.74, 6) is -0.165. The first-order valence-corrected chi connectivity index (χ1v) is 8.45. The van der Waals surface area contributed by atoms with E-state index in [1.54, 1.807) is 13.0 Å². The van der Waals surface area contributed by atoms with E-state index in [4.69, 9.17) is 14.4 Å². The second kappa shape index (κ2) is 7.02. The number of carboxylic acids is 1. The summed E-state index contributed by atoms with van der Waals surface area (Å²) < 4.78 is 36.6. The van der Waals surface area contributed by atoms with Gasteiger partial charge in [-0.25, -0.2) is 8.42 Å². The molecule has 0 radical (unpaired) electrons. The molecular formula is C15H18N2O6S. The lowest BCUT2D eigenvalue weighted by atomic mass is 10.1. The van der Waals surface area contributed by atoms with Crippen molar-refractivity contribution in [1.29, 1.82) is 0 Å². The zero-order valence-corrected chi connectivity index (χ0v) is 14.3. The monoisotopic (exact) mass is 354 g/mol. The average Bonchev–Trinajstić information content (AvgIpc) is 2.91. The van der Waals surface area contributed by atoms with Crippen LogP contribution in [0.25, 0.3) is 0 Å². The van der Waals surface area contributed by atoms with Crippen LogP contribution < -0.4 is 4.74 Å². The number of carbonyl (C=O) groups is 1. The van der Waals surface area contributed by atoms with Gasteiger partial charge in [0.15, 0.2) is 0 Å². The van der Waals surface area contributed by atoms with Crippen LogP contribution in [0.4, 0.5) is 0 Å². The average molecular weight is 354 g/mol. The zero-order valence-electron chi connectivity index (χ0n) is 13.5. The van der Waals surface area contributed by atoms with Crippen LogP contribution in [0.15, 0.2) is 33.7 Å². The number of benzene rings is 1. The van der Waals surface area contributed by atoms with Crippen LogP contribution in [0, 0.1) is 6.92 Å². The minimum atomic E-state index is -3.90. The lowest BCUT2D eigenvalue weighted by Gasteiger charge is -2.18. The Morgan fingerprint density at radius 2 is 2.08 bits per heavy atom. The van der Waals surface area contributed by atoms with Crippen LogP contribution in [0.5, 0.6) is 5.75 Å². The predicted octanol–water partition coefficient (Wildman–Crippen LogP) is 1.44. The molecule has 0 fully saturated rings. The molecule has 1 aromatic carbocycles. The standard InChI is InChI=1S/C15H18N2O6S/c1-10-6-12(16-23-10)9-17(2)24(20,21)14-5-4-13(22-3)7-11(14)8-15(18)19/h4-7H,8-9H2,1-3H3,(H,18,19). The van der Waals surface area contributed by atoms with Gasteiger partial charge in [0.25, 0.3) is 0 Å². The summed E-state index contributed by atoms with van der Waals surface area (Å²) in [6.07, 6.45) is -0.428. The molecule has 9 heteroatoms. The number of ether oxygens (including phenoxy) is 1. The van der Waals surface area contributed by atoms with E-state index >= 15 is 0 Å². The molecule has 0 unspecified atom stereocenters. The van der Waals surface area contributed by atoms with Gasteiger partial charge in [-0.05, 0) is 30.7 Å². The summed E-state index contributed by atoms with van der Waals surface area (Å²) in [7, 11) is -1.08. The van der Waals surface area contributed by atoms with Gasteiger partial charge < -0.3 is 14.4 Å². The van der Waals surface area contributed by atoms with Crippen molar-refractivity contribution >= 4 is 16.0 Å². The van der Waals surface area contributed by atoms with Gasteiger partial charge in [0.2, 0.25) is 10.0 Å². The number of carboxylic acid groups (broad SMARTS) is 1.